The molecule has 2 aromatic heterocycles. The third kappa shape index (κ3) is 3.85. The molecule has 0 aromatic carbocycles. The van der Waals surface area contributed by atoms with Crippen LogP contribution in [0, 0.1) is 0 Å². The van der Waals surface area contributed by atoms with Gasteiger partial charge in [0.15, 0.2) is 6.29 Å². The molecule has 130 valence electrons. The number of hydrogen-bond donors (Lipinski definition) is 1. The Kier molecular flexibility index (Phi) is 5.71. The summed E-state index contributed by atoms with van der Waals surface area (Å²) in [6, 6.07) is 3.93. The number of aryl methyl sites for hydroxylation is 1. The highest BCUT2D eigenvalue weighted by Gasteiger charge is 2.22. The SMILES string of the molecule is CCOC1=CCCC(Sc2cccnc2)=Nc2[nH]c(CC)c(C=O)c21. The van der Waals surface area contributed by atoms with Crippen LogP contribution in [0.5, 0.6) is 0 Å². The van der Waals surface area contributed by atoms with Crippen molar-refractivity contribution in [1.29, 1.82) is 0 Å². The number of H-pyrrole nitrogens is 1. The highest BCUT2D eigenvalue weighted by Crippen LogP contribution is 2.36. The van der Waals surface area contributed by atoms with Crippen LogP contribution >= 0.6 is 11.8 Å². The van der Waals surface area contributed by atoms with Gasteiger partial charge in [-0.1, -0.05) is 18.7 Å². The molecular weight excluding hydrogens is 334 g/mol. The summed E-state index contributed by atoms with van der Waals surface area (Å²) in [5, 5.41) is 0.988. The van der Waals surface area contributed by atoms with Gasteiger partial charge in [0.25, 0.3) is 0 Å². The van der Waals surface area contributed by atoms with Crippen LogP contribution in [-0.4, -0.2) is 27.9 Å². The molecule has 5 nitrogen and oxygen atoms in total. The number of ether oxygens (including phenoxy) is 1. The molecule has 2 aromatic rings. The number of aromatic nitrogens is 2. The van der Waals surface area contributed by atoms with Gasteiger partial charge in [0, 0.05) is 28.5 Å². The molecule has 3 heterocycles. The minimum Gasteiger partial charge on any atom is -0.493 e. The van der Waals surface area contributed by atoms with Gasteiger partial charge in [-0.05, 0) is 44.4 Å². The summed E-state index contributed by atoms with van der Waals surface area (Å²) in [5.41, 5.74) is 2.31. The van der Waals surface area contributed by atoms with Gasteiger partial charge < -0.3 is 9.72 Å². The lowest BCUT2D eigenvalue weighted by Gasteiger charge is -2.13. The predicted molar refractivity (Wildman–Crippen MR) is 102 cm³/mol. The zero-order valence-electron chi connectivity index (χ0n) is 14.4. The van der Waals surface area contributed by atoms with Gasteiger partial charge in [-0.15, -0.1) is 0 Å². The normalized spacial score (nSPS) is 14.0. The van der Waals surface area contributed by atoms with Crippen molar-refractivity contribution >= 4 is 34.7 Å². The second kappa shape index (κ2) is 8.16. The molecular formula is C19H21N3O2S. The molecule has 0 unspecified atom stereocenters. The van der Waals surface area contributed by atoms with Gasteiger partial charge in [-0.25, -0.2) is 4.99 Å². The Balaban J connectivity index is 2.05. The number of thioether (sulfide) groups is 1. The van der Waals surface area contributed by atoms with Gasteiger partial charge in [-0.3, -0.25) is 9.78 Å². The highest BCUT2D eigenvalue weighted by molar-refractivity contribution is 8.14. The maximum Gasteiger partial charge on any atom is 0.152 e. The van der Waals surface area contributed by atoms with Crippen molar-refractivity contribution in [1.82, 2.24) is 9.97 Å². The molecule has 1 N–H and O–H groups in total. The number of hydrogen-bond acceptors (Lipinski definition) is 5. The quantitative estimate of drug-likeness (QED) is 0.784. The standard InChI is InChI=1S/C19H21N3O2S/c1-3-15-14(12-23)18-16(24-4-2)8-5-9-17(22-19(18)21-15)25-13-7-6-10-20-11-13/h6-8,10-12,21H,3-5,9H2,1-2H3. The summed E-state index contributed by atoms with van der Waals surface area (Å²) < 4.78 is 5.79. The number of aliphatic imine (C=N–C) groups is 1. The average Bonchev–Trinajstić information content (AvgIpc) is 2.97. The molecule has 0 amide bonds. The Labute approximate surface area is 151 Å². The van der Waals surface area contributed by atoms with E-state index in [9.17, 15) is 4.79 Å². The number of rotatable bonds is 5. The topological polar surface area (TPSA) is 67.3 Å². The second-order valence-electron chi connectivity index (χ2n) is 5.55. The first-order chi connectivity index (χ1) is 12.3. The smallest absolute Gasteiger partial charge is 0.152 e. The van der Waals surface area contributed by atoms with Crippen LogP contribution in [0.3, 0.4) is 0 Å². The Hall–Kier alpha value is -2.34. The summed E-state index contributed by atoms with van der Waals surface area (Å²) in [5.74, 6) is 1.44. The second-order valence-corrected chi connectivity index (χ2v) is 6.70. The molecule has 0 aliphatic carbocycles. The number of fused-ring (bicyclic) bond motifs is 1. The number of aromatic amines is 1. The molecule has 0 fully saturated rings. The first-order valence-electron chi connectivity index (χ1n) is 8.45. The summed E-state index contributed by atoms with van der Waals surface area (Å²) in [4.78, 5) is 25.0. The molecule has 3 rings (SSSR count). The number of carbonyl (C=O) groups is 1. The number of nitrogens with zero attached hydrogens (tertiary/aromatic N) is 2. The van der Waals surface area contributed by atoms with Gasteiger partial charge in [0.05, 0.1) is 17.2 Å². The molecule has 0 bridgehead atoms. The Morgan fingerprint density at radius 1 is 1.40 bits per heavy atom. The fourth-order valence-corrected chi connectivity index (χ4v) is 3.70. The first kappa shape index (κ1) is 17.5. The fraction of sp³-hybridized carbons (Fsp3) is 0.316. The van der Waals surface area contributed by atoms with E-state index in [2.05, 4.69) is 16.0 Å². The van der Waals surface area contributed by atoms with Crippen molar-refractivity contribution in [2.75, 3.05) is 6.61 Å². The van der Waals surface area contributed by atoms with Crippen molar-refractivity contribution < 1.29 is 9.53 Å². The Morgan fingerprint density at radius 2 is 2.28 bits per heavy atom. The highest BCUT2D eigenvalue weighted by atomic mass is 32.2. The van der Waals surface area contributed by atoms with Crippen molar-refractivity contribution in [3.63, 3.8) is 0 Å². The van der Waals surface area contributed by atoms with Crippen LogP contribution in [0.25, 0.3) is 5.76 Å². The van der Waals surface area contributed by atoms with Crippen LogP contribution in [0.15, 0.2) is 40.5 Å². The van der Waals surface area contributed by atoms with Crippen molar-refractivity contribution in [2.24, 2.45) is 4.99 Å². The summed E-state index contributed by atoms with van der Waals surface area (Å²) >= 11 is 1.60. The number of pyridine rings is 1. The minimum absolute atomic E-state index is 0.553. The van der Waals surface area contributed by atoms with E-state index >= 15 is 0 Å². The predicted octanol–water partition coefficient (Wildman–Crippen LogP) is 4.78. The average molecular weight is 355 g/mol. The summed E-state index contributed by atoms with van der Waals surface area (Å²) in [6.45, 7) is 4.52. The molecule has 0 saturated heterocycles. The van der Waals surface area contributed by atoms with Gasteiger partial charge in [0.1, 0.15) is 11.6 Å². The van der Waals surface area contributed by atoms with Crippen molar-refractivity contribution in [2.45, 2.75) is 38.0 Å². The molecule has 0 spiro atoms. The first-order valence-corrected chi connectivity index (χ1v) is 9.27. The lowest BCUT2D eigenvalue weighted by atomic mass is 10.1. The van der Waals surface area contributed by atoms with Crippen LogP contribution in [0.2, 0.25) is 0 Å². The number of aldehydes is 1. The lowest BCUT2D eigenvalue weighted by molar-refractivity contribution is 0.112. The fourth-order valence-electron chi connectivity index (χ4n) is 2.81. The van der Waals surface area contributed by atoms with E-state index < -0.39 is 0 Å². The number of carbonyl (C=O) groups excluding carboxylic acids is 1. The minimum atomic E-state index is 0.553. The van der Waals surface area contributed by atoms with Crippen molar-refractivity contribution in [3.05, 3.63) is 47.4 Å². The molecule has 6 heteroatoms. The third-order valence-electron chi connectivity index (χ3n) is 3.91. The molecule has 0 radical (unpaired) electrons. The van der Waals surface area contributed by atoms with E-state index in [1.54, 1.807) is 18.0 Å². The van der Waals surface area contributed by atoms with Gasteiger partial charge in [0.2, 0.25) is 0 Å². The molecule has 25 heavy (non-hydrogen) atoms. The zero-order chi connectivity index (χ0) is 17.6. The van der Waals surface area contributed by atoms with E-state index in [0.717, 1.165) is 52.5 Å². The van der Waals surface area contributed by atoms with E-state index in [-0.39, 0.29) is 0 Å². The summed E-state index contributed by atoms with van der Waals surface area (Å²) in [7, 11) is 0. The van der Waals surface area contributed by atoms with E-state index in [1.165, 1.54) is 0 Å². The Bertz CT molecular complexity index is 810. The van der Waals surface area contributed by atoms with Crippen LogP contribution in [0.4, 0.5) is 5.82 Å². The molecule has 1 aliphatic rings. The van der Waals surface area contributed by atoms with Gasteiger partial charge >= 0.3 is 0 Å². The van der Waals surface area contributed by atoms with Crippen LogP contribution in [-0.2, 0) is 11.2 Å². The molecule has 0 saturated carbocycles. The molecule has 1 aliphatic heterocycles. The zero-order valence-corrected chi connectivity index (χ0v) is 15.2. The third-order valence-corrected chi connectivity index (χ3v) is 4.92. The maximum atomic E-state index is 11.7. The van der Waals surface area contributed by atoms with Crippen molar-refractivity contribution in [3.8, 4) is 0 Å². The van der Waals surface area contributed by atoms with Crippen LogP contribution < -0.4 is 0 Å². The van der Waals surface area contributed by atoms with Gasteiger partial charge in [-0.2, -0.15) is 0 Å². The Morgan fingerprint density at radius 3 is 2.96 bits per heavy atom. The van der Waals surface area contributed by atoms with E-state index in [1.807, 2.05) is 32.2 Å². The number of allylic oxidation sites excluding steroid dienone is 1. The number of nitrogens with one attached hydrogen (secondary N) is 1. The largest absolute Gasteiger partial charge is 0.493 e. The van der Waals surface area contributed by atoms with E-state index in [0.29, 0.717) is 18.0 Å². The van der Waals surface area contributed by atoms with E-state index in [4.69, 9.17) is 9.73 Å². The summed E-state index contributed by atoms with van der Waals surface area (Å²) in [6.07, 6.45) is 8.90. The van der Waals surface area contributed by atoms with Crippen LogP contribution in [0.1, 0.15) is 48.3 Å². The monoisotopic (exact) mass is 355 g/mol. The maximum absolute atomic E-state index is 11.7. The lowest BCUT2D eigenvalue weighted by Crippen LogP contribution is -2.00. The molecule has 0 atom stereocenters.